The summed E-state index contributed by atoms with van der Waals surface area (Å²) in [6.45, 7) is 0. The smallest absolute Gasteiger partial charge is 0.161 e. The van der Waals surface area contributed by atoms with Crippen LogP contribution in [0.25, 0.3) is 0 Å². The molecule has 1 heterocycles. The van der Waals surface area contributed by atoms with Crippen LogP contribution in [0.5, 0.6) is 11.5 Å². The van der Waals surface area contributed by atoms with Gasteiger partial charge < -0.3 is 15.2 Å². The van der Waals surface area contributed by atoms with Gasteiger partial charge in [-0.2, -0.15) is 11.8 Å². The highest BCUT2D eigenvalue weighted by atomic mass is 32.2. The molecule has 1 atom stereocenters. The fraction of sp³-hybridized carbons (Fsp3) is 0.600. The van der Waals surface area contributed by atoms with Gasteiger partial charge in [0, 0.05) is 11.3 Å². The first-order valence-electron chi connectivity index (χ1n) is 6.93. The van der Waals surface area contributed by atoms with Crippen LogP contribution >= 0.6 is 11.8 Å². The summed E-state index contributed by atoms with van der Waals surface area (Å²) in [5.41, 5.74) is 7.31. The summed E-state index contributed by atoms with van der Waals surface area (Å²) in [6, 6.07) is 6.12. The van der Waals surface area contributed by atoms with Crippen molar-refractivity contribution in [2.45, 2.75) is 37.3 Å². The van der Waals surface area contributed by atoms with Crippen LogP contribution in [0.2, 0.25) is 0 Å². The Morgan fingerprint density at radius 2 is 2.16 bits per heavy atom. The predicted molar refractivity (Wildman–Crippen MR) is 79.1 cm³/mol. The molecule has 1 unspecified atom stereocenters. The van der Waals surface area contributed by atoms with Crippen LogP contribution in [0, 0.1) is 0 Å². The van der Waals surface area contributed by atoms with E-state index in [9.17, 15) is 0 Å². The second-order valence-corrected chi connectivity index (χ2v) is 6.63. The Bertz CT molecular complexity index is 453. The van der Waals surface area contributed by atoms with Crippen molar-refractivity contribution >= 4 is 11.8 Å². The van der Waals surface area contributed by atoms with Crippen molar-refractivity contribution < 1.29 is 9.47 Å². The third-order valence-corrected chi connectivity index (χ3v) is 5.12. The first-order chi connectivity index (χ1) is 9.21. The number of methoxy groups -OCH3 is 1. The van der Waals surface area contributed by atoms with E-state index in [1.165, 1.54) is 17.7 Å². The Kier molecular flexibility index (Phi) is 3.63. The SMILES string of the molecule is COc1ccc(C2(N)CC2)cc1OC1CCCSC1. The first-order valence-corrected chi connectivity index (χ1v) is 8.08. The maximum Gasteiger partial charge on any atom is 0.161 e. The highest BCUT2D eigenvalue weighted by Gasteiger charge is 2.40. The number of benzene rings is 1. The molecule has 1 aliphatic carbocycles. The van der Waals surface area contributed by atoms with E-state index in [1.807, 2.05) is 17.8 Å². The Hall–Kier alpha value is -0.870. The van der Waals surface area contributed by atoms with Crippen LogP contribution in [-0.2, 0) is 5.54 Å². The van der Waals surface area contributed by atoms with E-state index in [2.05, 4.69) is 12.1 Å². The predicted octanol–water partition coefficient (Wildman–Crippen LogP) is 2.92. The van der Waals surface area contributed by atoms with Gasteiger partial charge in [0.05, 0.1) is 7.11 Å². The van der Waals surface area contributed by atoms with Gasteiger partial charge in [0.25, 0.3) is 0 Å². The number of nitrogens with two attached hydrogens (primary N) is 1. The molecule has 0 radical (unpaired) electrons. The van der Waals surface area contributed by atoms with Crippen molar-refractivity contribution in [3.8, 4) is 11.5 Å². The summed E-state index contributed by atoms with van der Waals surface area (Å²) in [4.78, 5) is 0. The highest BCUT2D eigenvalue weighted by molar-refractivity contribution is 7.99. The van der Waals surface area contributed by atoms with Gasteiger partial charge >= 0.3 is 0 Å². The standard InChI is InChI=1S/C15H21NO2S/c1-17-13-5-4-11(15(16)6-7-15)9-14(13)18-12-3-2-8-19-10-12/h4-5,9,12H,2-3,6-8,10,16H2,1H3. The maximum absolute atomic E-state index is 6.26. The average molecular weight is 279 g/mol. The van der Waals surface area contributed by atoms with Crippen molar-refractivity contribution in [3.05, 3.63) is 23.8 Å². The molecule has 1 saturated carbocycles. The molecule has 2 fully saturated rings. The molecular formula is C15H21NO2S. The van der Waals surface area contributed by atoms with Crippen molar-refractivity contribution in [1.82, 2.24) is 0 Å². The van der Waals surface area contributed by atoms with E-state index in [0.29, 0.717) is 6.10 Å². The van der Waals surface area contributed by atoms with Crippen molar-refractivity contribution in [2.75, 3.05) is 18.6 Å². The molecule has 4 heteroatoms. The van der Waals surface area contributed by atoms with Gasteiger partial charge in [-0.3, -0.25) is 0 Å². The Labute approximate surface area is 118 Å². The molecular weight excluding hydrogens is 258 g/mol. The Morgan fingerprint density at radius 3 is 2.79 bits per heavy atom. The molecule has 19 heavy (non-hydrogen) atoms. The number of rotatable bonds is 4. The normalized spacial score (nSPS) is 24.8. The lowest BCUT2D eigenvalue weighted by molar-refractivity contribution is 0.202. The van der Waals surface area contributed by atoms with Gasteiger partial charge in [-0.1, -0.05) is 6.07 Å². The molecule has 0 bridgehead atoms. The fourth-order valence-electron chi connectivity index (χ4n) is 2.49. The second-order valence-electron chi connectivity index (χ2n) is 5.48. The van der Waals surface area contributed by atoms with Gasteiger partial charge in [0.1, 0.15) is 6.10 Å². The summed E-state index contributed by atoms with van der Waals surface area (Å²) in [6.07, 6.45) is 4.80. The first kappa shape index (κ1) is 13.1. The van der Waals surface area contributed by atoms with Crippen LogP contribution in [0.1, 0.15) is 31.2 Å². The van der Waals surface area contributed by atoms with Gasteiger partial charge in [-0.25, -0.2) is 0 Å². The lowest BCUT2D eigenvalue weighted by Gasteiger charge is -2.24. The number of hydrogen-bond donors (Lipinski definition) is 1. The quantitative estimate of drug-likeness (QED) is 0.920. The minimum Gasteiger partial charge on any atom is -0.493 e. The molecule has 0 spiro atoms. The van der Waals surface area contributed by atoms with Gasteiger partial charge in [0.2, 0.25) is 0 Å². The number of thioether (sulfide) groups is 1. The fourth-order valence-corrected chi connectivity index (χ4v) is 3.52. The molecule has 1 aromatic rings. The highest BCUT2D eigenvalue weighted by Crippen LogP contribution is 2.45. The lowest BCUT2D eigenvalue weighted by atomic mass is 10.1. The summed E-state index contributed by atoms with van der Waals surface area (Å²) >= 11 is 1.97. The monoisotopic (exact) mass is 279 g/mol. The van der Waals surface area contributed by atoms with Crippen LogP contribution in [0.3, 0.4) is 0 Å². The van der Waals surface area contributed by atoms with Crippen molar-refractivity contribution in [1.29, 1.82) is 0 Å². The summed E-state index contributed by atoms with van der Waals surface area (Å²) in [7, 11) is 1.69. The van der Waals surface area contributed by atoms with Crippen molar-refractivity contribution in [3.63, 3.8) is 0 Å². The lowest BCUT2D eigenvalue weighted by Crippen LogP contribution is -2.24. The van der Waals surface area contributed by atoms with Crippen LogP contribution in [-0.4, -0.2) is 24.7 Å². The minimum atomic E-state index is -0.119. The average Bonchev–Trinajstić information content (AvgIpc) is 3.19. The molecule has 3 nitrogen and oxygen atoms in total. The van der Waals surface area contributed by atoms with Gasteiger partial charge in [0.15, 0.2) is 11.5 Å². The van der Waals surface area contributed by atoms with E-state index in [1.54, 1.807) is 7.11 Å². The third kappa shape index (κ3) is 2.84. The van der Waals surface area contributed by atoms with E-state index in [4.69, 9.17) is 15.2 Å². The second kappa shape index (κ2) is 5.25. The van der Waals surface area contributed by atoms with E-state index in [0.717, 1.165) is 36.5 Å². The van der Waals surface area contributed by atoms with Crippen LogP contribution in [0.4, 0.5) is 0 Å². The Balaban J connectivity index is 1.80. The number of hydrogen-bond acceptors (Lipinski definition) is 4. The number of ether oxygens (including phenoxy) is 2. The zero-order valence-electron chi connectivity index (χ0n) is 11.4. The van der Waals surface area contributed by atoms with Crippen molar-refractivity contribution in [2.24, 2.45) is 5.73 Å². The van der Waals surface area contributed by atoms with Gasteiger partial charge in [-0.15, -0.1) is 0 Å². The largest absolute Gasteiger partial charge is 0.493 e. The summed E-state index contributed by atoms with van der Waals surface area (Å²) in [5.74, 6) is 3.98. The maximum atomic E-state index is 6.26. The summed E-state index contributed by atoms with van der Waals surface area (Å²) < 4.78 is 11.5. The molecule has 3 rings (SSSR count). The molecule has 2 aliphatic rings. The van der Waals surface area contributed by atoms with E-state index in [-0.39, 0.29) is 5.54 Å². The van der Waals surface area contributed by atoms with Crippen LogP contribution < -0.4 is 15.2 Å². The molecule has 1 aliphatic heterocycles. The summed E-state index contributed by atoms with van der Waals surface area (Å²) in [5, 5.41) is 0. The molecule has 2 N–H and O–H groups in total. The minimum absolute atomic E-state index is 0.119. The van der Waals surface area contributed by atoms with Gasteiger partial charge in [-0.05, 0) is 49.1 Å². The topological polar surface area (TPSA) is 44.5 Å². The molecule has 0 aromatic heterocycles. The molecule has 1 aromatic carbocycles. The molecule has 0 amide bonds. The zero-order chi connectivity index (χ0) is 13.3. The van der Waals surface area contributed by atoms with E-state index >= 15 is 0 Å². The van der Waals surface area contributed by atoms with Crippen LogP contribution in [0.15, 0.2) is 18.2 Å². The third-order valence-electron chi connectivity index (χ3n) is 3.94. The Morgan fingerprint density at radius 1 is 1.32 bits per heavy atom. The zero-order valence-corrected chi connectivity index (χ0v) is 12.2. The molecule has 1 saturated heterocycles. The molecule has 104 valence electrons. The van der Waals surface area contributed by atoms with E-state index < -0.39 is 0 Å².